The van der Waals surface area contributed by atoms with Crippen LogP contribution in [0.1, 0.15) is 5.56 Å². The molecule has 3 aromatic rings. The quantitative estimate of drug-likeness (QED) is 0.742. The fraction of sp³-hybridized carbons (Fsp3) is 0.0714. The van der Waals surface area contributed by atoms with Crippen LogP contribution >= 0.6 is 0 Å². The van der Waals surface area contributed by atoms with E-state index < -0.39 is 5.97 Å². The number of carbonyl (C=O) groups is 1. The van der Waals surface area contributed by atoms with Gasteiger partial charge in [-0.15, -0.1) is 0 Å². The van der Waals surface area contributed by atoms with Gasteiger partial charge in [-0.2, -0.15) is 10.4 Å². The van der Waals surface area contributed by atoms with Crippen molar-refractivity contribution in [2.45, 2.75) is 0 Å². The van der Waals surface area contributed by atoms with Crippen LogP contribution in [0.5, 0.6) is 0 Å². The molecule has 2 heterocycles. The first-order valence-corrected chi connectivity index (χ1v) is 6.34. The lowest BCUT2D eigenvalue weighted by atomic mass is 10.2. The number of aliphatic carboxylic acids is 1. The number of hydrogen-bond donors (Lipinski definition) is 2. The Morgan fingerprint density at radius 1 is 1.41 bits per heavy atom. The fourth-order valence-electron chi connectivity index (χ4n) is 2.04. The number of anilines is 1. The largest absolute Gasteiger partial charge is 0.480 e. The van der Waals surface area contributed by atoms with Gasteiger partial charge in [0, 0.05) is 0 Å². The summed E-state index contributed by atoms with van der Waals surface area (Å²) < 4.78 is 1.57. The molecule has 8 heteroatoms. The van der Waals surface area contributed by atoms with Gasteiger partial charge in [0.25, 0.3) is 0 Å². The molecule has 0 atom stereocenters. The highest BCUT2D eigenvalue weighted by atomic mass is 16.4. The number of benzene rings is 1. The van der Waals surface area contributed by atoms with E-state index in [0.717, 1.165) is 0 Å². The van der Waals surface area contributed by atoms with Crippen LogP contribution in [-0.4, -0.2) is 37.4 Å². The maximum Gasteiger partial charge on any atom is 0.322 e. The summed E-state index contributed by atoms with van der Waals surface area (Å²) in [7, 11) is 0. The van der Waals surface area contributed by atoms with Gasteiger partial charge in [-0.25, -0.2) is 14.6 Å². The molecule has 108 valence electrons. The van der Waals surface area contributed by atoms with Gasteiger partial charge in [-0.05, 0) is 18.2 Å². The molecular formula is C14H10N6O2. The van der Waals surface area contributed by atoms with Crippen molar-refractivity contribution in [1.29, 1.82) is 5.26 Å². The lowest BCUT2D eigenvalue weighted by molar-refractivity contribution is -0.134. The third-order valence-electron chi connectivity index (χ3n) is 2.99. The van der Waals surface area contributed by atoms with Gasteiger partial charge in [0.15, 0.2) is 5.65 Å². The van der Waals surface area contributed by atoms with Gasteiger partial charge in [0.05, 0.1) is 28.9 Å². The maximum atomic E-state index is 10.6. The Kier molecular flexibility index (Phi) is 3.37. The second-order valence-corrected chi connectivity index (χ2v) is 4.43. The van der Waals surface area contributed by atoms with Gasteiger partial charge >= 0.3 is 5.97 Å². The Labute approximate surface area is 124 Å². The van der Waals surface area contributed by atoms with Gasteiger partial charge < -0.3 is 10.4 Å². The Hall–Kier alpha value is -3.47. The number of fused-ring (bicyclic) bond motifs is 1. The van der Waals surface area contributed by atoms with Crippen molar-refractivity contribution >= 4 is 22.8 Å². The molecule has 2 aromatic heterocycles. The van der Waals surface area contributed by atoms with Crippen LogP contribution in [0.3, 0.4) is 0 Å². The SMILES string of the molecule is N#Cc1cccc(-n2ncc3c(NCC(=O)O)ncnc32)c1. The summed E-state index contributed by atoms with van der Waals surface area (Å²) in [6.07, 6.45) is 2.89. The average molecular weight is 294 g/mol. The Morgan fingerprint density at radius 2 is 2.27 bits per heavy atom. The molecule has 22 heavy (non-hydrogen) atoms. The molecular weight excluding hydrogens is 284 g/mol. The first kappa shape index (κ1) is 13.5. The van der Waals surface area contributed by atoms with E-state index in [1.807, 2.05) is 0 Å². The summed E-state index contributed by atoms with van der Waals surface area (Å²) in [5.41, 5.74) is 1.73. The van der Waals surface area contributed by atoms with Crippen LogP contribution in [-0.2, 0) is 4.79 Å². The minimum atomic E-state index is -0.985. The molecule has 0 aliphatic heterocycles. The third-order valence-corrected chi connectivity index (χ3v) is 2.99. The Bertz CT molecular complexity index is 896. The number of nitriles is 1. The molecule has 0 fully saturated rings. The van der Waals surface area contributed by atoms with Crippen LogP contribution in [0.4, 0.5) is 5.82 Å². The third kappa shape index (κ3) is 2.43. The monoisotopic (exact) mass is 294 g/mol. The molecule has 0 saturated carbocycles. The van der Waals surface area contributed by atoms with Crippen LogP contribution in [0.2, 0.25) is 0 Å². The molecule has 0 aliphatic carbocycles. The van der Waals surface area contributed by atoms with Crippen molar-refractivity contribution in [3.05, 3.63) is 42.4 Å². The molecule has 8 nitrogen and oxygen atoms in total. The highest BCUT2D eigenvalue weighted by molar-refractivity contribution is 5.88. The van der Waals surface area contributed by atoms with E-state index >= 15 is 0 Å². The molecule has 0 bridgehead atoms. The highest BCUT2D eigenvalue weighted by Gasteiger charge is 2.11. The zero-order valence-corrected chi connectivity index (χ0v) is 11.3. The maximum absolute atomic E-state index is 10.6. The first-order valence-electron chi connectivity index (χ1n) is 6.34. The predicted molar refractivity (Wildman–Crippen MR) is 77.5 cm³/mol. The van der Waals surface area contributed by atoms with Crippen LogP contribution in [0.25, 0.3) is 16.7 Å². The minimum absolute atomic E-state index is 0.249. The summed E-state index contributed by atoms with van der Waals surface area (Å²) in [6, 6.07) is 9.02. The lowest BCUT2D eigenvalue weighted by Crippen LogP contribution is -2.13. The topological polar surface area (TPSA) is 117 Å². The molecule has 0 unspecified atom stereocenters. The van der Waals surface area contributed by atoms with Crippen LogP contribution in [0.15, 0.2) is 36.8 Å². The number of aromatic nitrogens is 4. The Balaban J connectivity index is 2.07. The van der Waals surface area contributed by atoms with E-state index in [9.17, 15) is 4.79 Å². The van der Waals surface area contributed by atoms with Crippen molar-refractivity contribution in [3.63, 3.8) is 0 Å². The molecule has 3 rings (SSSR count). The first-order chi connectivity index (χ1) is 10.7. The minimum Gasteiger partial charge on any atom is -0.480 e. The van der Waals surface area contributed by atoms with Crippen molar-refractivity contribution < 1.29 is 9.90 Å². The fourth-order valence-corrected chi connectivity index (χ4v) is 2.04. The van der Waals surface area contributed by atoms with Crippen molar-refractivity contribution in [3.8, 4) is 11.8 Å². The van der Waals surface area contributed by atoms with E-state index in [1.54, 1.807) is 35.1 Å². The number of hydrogen-bond acceptors (Lipinski definition) is 6. The average Bonchev–Trinajstić information content (AvgIpc) is 2.97. The molecule has 1 aromatic carbocycles. The second-order valence-electron chi connectivity index (χ2n) is 4.43. The summed E-state index contributed by atoms with van der Waals surface area (Å²) in [4.78, 5) is 18.9. The van der Waals surface area contributed by atoms with Crippen molar-refractivity contribution in [2.75, 3.05) is 11.9 Å². The van der Waals surface area contributed by atoms with Crippen LogP contribution < -0.4 is 5.32 Å². The number of nitrogens with zero attached hydrogens (tertiary/aromatic N) is 5. The van der Waals surface area contributed by atoms with Crippen molar-refractivity contribution in [1.82, 2.24) is 19.7 Å². The van der Waals surface area contributed by atoms with Gasteiger partial charge in [0.1, 0.15) is 18.7 Å². The lowest BCUT2D eigenvalue weighted by Gasteiger charge is -2.05. The smallest absolute Gasteiger partial charge is 0.322 e. The number of carboxylic acids is 1. The zero-order valence-electron chi connectivity index (χ0n) is 11.3. The highest BCUT2D eigenvalue weighted by Crippen LogP contribution is 2.21. The second kappa shape index (κ2) is 5.49. The van der Waals surface area contributed by atoms with E-state index in [-0.39, 0.29) is 6.54 Å². The predicted octanol–water partition coefficient (Wildman–Crippen LogP) is 1.18. The van der Waals surface area contributed by atoms with E-state index in [4.69, 9.17) is 10.4 Å². The molecule has 0 amide bonds. The van der Waals surface area contributed by atoms with E-state index in [0.29, 0.717) is 28.1 Å². The van der Waals surface area contributed by atoms with E-state index in [1.165, 1.54) is 6.33 Å². The summed E-state index contributed by atoms with van der Waals surface area (Å²) in [5.74, 6) is -0.587. The van der Waals surface area contributed by atoms with Gasteiger partial charge in [-0.3, -0.25) is 4.79 Å². The molecule has 2 N–H and O–H groups in total. The summed E-state index contributed by atoms with van der Waals surface area (Å²) in [5, 5.41) is 25.3. The van der Waals surface area contributed by atoms with Gasteiger partial charge in [0.2, 0.25) is 0 Å². The normalized spacial score (nSPS) is 10.3. The molecule has 0 aliphatic rings. The zero-order chi connectivity index (χ0) is 15.5. The number of nitrogens with one attached hydrogen (secondary N) is 1. The summed E-state index contributed by atoms with van der Waals surface area (Å²) >= 11 is 0. The summed E-state index contributed by atoms with van der Waals surface area (Å²) in [6.45, 7) is -0.249. The van der Waals surface area contributed by atoms with Crippen LogP contribution in [0, 0.1) is 11.3 Å². The van der Waals surface area contributed by atoms with E-state index in [2.05, 4.69) is 26.5 Å². The Morgan fingerprint density at radius 3 is 3.05 bits per heavy atom. The number of carboxylic acid groups (broad SMARTS) is 1. The number of rotatable bonds is 4. The molecule has 0 saturated heterocycles. The molecule has 0 spiro atoms. The molecule has 0 radical (unpaired) electrons. The van der Waals surface area contributed by atoms with Crippen molar-refractivity contribution in [2.24, 2.45) is 0 Å². The van der Waals surface area contributed by atoms with Gasteiger partial charge in [-0.1, -0.05) is 6.07 Å². The standard InChI is InChI=1S/C14H10N6O2/c15-5-9-2-1-3-10(4-9)20-14-11(6-19-20)13(17-8-18-14)16-7-12(21)22/h1-4,6,8H,7H2,(H,21,22)(H,16,17,18).